The number of pyridine rings is 1. The Hall–Kier alpha value is -1.58. The molecule has 1 aliphatic rings. The van der Waals surface area contributed by atoms with Crippen molar-refractivity contribution >= 4 is 11.7 Å². The standard InChI is InChI=1S/C13H18N2O2/c1-10-3-2-7-15(8-6-10)11-4-5-12(13(16)17)14-9-11/h4-5,9-10H,2-3,6-8H2,1H3,(H,16,17). The highest BCUT2D eigenvalue weighted by Crippen LogP contribution is 2.21. The Bertz CT molecular complexity index is 389. The van der Waals surface area contributed by atoms with Gasteiger partial charge in [0.1, 0.15) is 5.69 Å². The summed E-state index contributed by atoms with van der Waals surface area (Å²) in [4.78, 5) is 17.0. The second-order valence-corrected chi connectivity index (χ2v) is 4.73. The fraction of sp³-hybridized carbons (Fsp3) is 0.538. The average molecular weight is 234 g/mol. The van der Waals surface area contributed by atoms with Crippen LogP contribution < -0.4 is 4.90 Å². The van der Waals surface area contributed by atoms with Gasteiger partial charge in [0.15, 0.2) is 0 Å². The first kappa shape index (κ1) is 11.9. The third-order valence-corrected chi connectivity index (χ3v) is 3.35. The minimum Gasteiger partial charge on any atom is -0.477 e. The maximum absolute atomic E-state index is 10.7. The van der Waals surface area contributed by atoms with Gasteiger partial charge in [-0.2, -0.15) is 0 Å². The van der Waals surface area contributed by atoms with Crippen molar-refractivity contribution in [3.8, 4) is 0 Å². The van der Waals surface area contributed by atoms with E-state index in [-0.39, 0.29) is 5.69 Å². The lowest BCUT2D eigenvalue weighted by Gasteiger charge is -2.22. The van der Waals surface area contributed by atoms with Gasteiger partial charge in [-0.05, 0) is 37.3 Å². The summed E-state index contributed by atoms with van der Waals surface area (Å²) in [5.74, 6) is -0.188. The van der Waals surface area contributed by atoms with Crippen LogP contribution >= 0.6 is 0 Å². The number of carbonyl (C=O) groups is 1. The van der Waals surface area contributed by atoms with Crippen LogP contribution in [0.25, 0.3) is 0 Å². The molecule has 0 bridgehead atoms. The van der Waals surface area contributed by atoms with Gasteiger partial charge in [0, 0.05) is 13.1 Å². The van der Waals surface area contributed by atoms with E-state index >= 15 is 0 Å². The number of nitrogens with zero attached hydrogens (tertiary/aromatic N) is 2. The van der Waals surface area contributed by atoms with Crippen molar-refractivity contribution in [3.63, 3.8) is 0 Å². The summed E-state index contributed by atoms with van der Waals surface area (Å²) in [7, 11) is 0. The van der Waals surface area contributed by atoms with Gasteiger partial charge >= 0.3 is 5.97 Å². The number of rotatable bonds is 2. The molecule has 0 saturated carbocycles. The first-order valence-corrected chi connectivity index (χ1v) is 6.11. The highest BCUT2D eigenvalue weighted by molar-refractivity contribution is 5.85. The Labute approximate surface area is 101 Å². The Balaban J connectivity index is 2.08. The fourth-order valence-corrected chi connectivity index (χ4v) is 2.22. The second-order valence-electron chi connectivity index (χ2n) is 4.73. The maximum Gasteiger partial charge on any atom is 0.354 e. The number of carboxylic acids is 1. The van der Waals surface area contributed by atoms with E-state index in [1.54, 1.807) is 12.3 Å². The van der Waals surface area contributed by atoms with Crippen molar-refractivity contribution < 1.29 is 9.90 Å². The van der Waals surface area contributed by atoms with Crippen LogP contribution in [0.3, 0.4) is 0 Å². The number of anilines is 1. The van der Waals surface area contributed by atoms with E-state index in [0.717, 1.165) is 24.7 Å². The molecule has 1 unspecified atom stereocenters. The van der Waals surface area contributed by atoms with Crippen LogP contribution in [0.4, 0.5) is 5.69 Å². The fourth-order valence-electron chi connectivity index (χ4n) is 2.22. The Morgan fingerprint density at radius 1 is 1.41 bits per heavy atom. The van der Waals surface area contributed by atoms with Gasteiger partial charge in [-0.3, -0.25) is 0 Å². The van der Waals surface area contributed by atoms with Crippen molar-refractivity contribution in [2.75, 3.05) is 18.0 Å². The molecule has 2 rings (SSSR count). The van der Waals surface area contributed by atoms with Gasteiger partial charge < -0.3 is 10.0 Å². The topological polar surface area (TPSA) is 53.4 Å². The molecule has 4 nitrogen and oxygen atoms in total. The number of aromatic nitrogens is 1. The molecule has 4 heteroatoms. The van der Waals surface area contributed by atoms with E-state index in [1.165, 1.54) is 19.3 Å². The van der Waals surface area contributed by atoms with Gasteiger partial charge in [0.05, 0.1) is 11.9 Å². The molecule has 1 aromatic heterocycles. The maximum atomic E-state index is 10.7. The summed E-state index contributed by atoms with van der Waals surface area (Å²) in [6, 6.07) is 3.43. The monoisotopic (exact) mass is 234 g/mol. The van der Waals surface area contributed by atoms with Crippen molar-refractivity contribution in [1.82, 2.24) is 4.98 Å². The normalized spacial score (nSPS) is 21.0. The van der Waals surface area contributed by atoms with Crippen molar-refractivity contribution in [3.05, 3.63) is 24.0 Å². The Morgan fingerprint density at radius 3 is 2.88 bits per heavy atom. The van der Waals surface area contributed by atoms with E-state index in [4.69, 9.17) is 5.11 Å². The van der Waals surface area contributed by atoms with Gasteiger partial charge in [-0.1, -0.05) is 6.92 Å². The molecule has 17 heavy (non-hydrogen) atoms. The number of hydrogen-bond donors (Lipinski definition) is 1. The molecule has 2 heterocycles. The molecule has 0 amide bonds. The van der Waals surface area contributed by atoms with Crippen LogP contribution in [0, 0.1) is 5.92 Å². The number of aromatic carboxylic acids is 1. The predicted octanol–water partition coefficient (Wildman–Crippen LogP) is 2.41. The van der Waals surface area contributed by atoms with E-state index in [2.05, 4.69) is 16.8 Å². The SMILES string of the molecule is CC1CCCN(c2ccc(C(=O)O)nc2)CC1. The first-order chi connectivity index (χ1) is 8.16. The van der Waals surface area contributed by atoms with Crippen LogP contribution in [0.15, 0.2) is 18.3 Å². The Kier molecular flexibility index (Phi) is 3.61. The van der Waals surface area contributed by atoms with Crippen molar-refractivity contribution in [2.45, 2.75) is 26.2 Å². The van der Waals surface area contributed by atoms with E-state index < -0.39 is 5.97 Å². The summed E-state index contributed by atoms with van der Waals surface area (Å²) in [6.45, 7) is 4.36. The third-order valence-electron chi connectivity index (χ3n) is 3.35. The van der Waals surface area contributed by atoms with E-state index in [1.807, 2.05) is 6.07 Å². The first-order valence-electron chi connectivity index (χ1n) is 6.11. The number of carboxylic acid groups (broad SMARTS) is 1. The summed E-state index contributed by atoms with van der Waals surface area (Å²) >= 11 is 0. The molecular formula is C13H18N2O2. The number of hydrogen-bond acceptors (Lipinski definition) is 3. The molecular weight excluding hydrogens is 216 g/mol. The molecule has 0 aliphatic carbocycles. The summed E-state index contributed by atoms with van der Waals surface area (Å²) in [5.41, 5.74) is 1.14. The second kappa shape index (κ2) is 5.17. The highest BCUT2D eigenvalue weighted by atomic mass is 16.4. The van der Waals surface area contributed by atoms with Crippen molar-refractivity contribution in [2.24, 2.45) is 5.92 Å². The van der Waals surface area contributed by atoms with Crippen molar-refractivity contribution in [1.29, 1.82) is 0 Å². The predicted molar refractivity (Wildman–Crippen MR) is 66.4 cm³/mol. The molecule has 1 N–H and O–H groups in total. The zero-order chi connectivity index (χ0) is 12.3. The lowest BCUT2D eigenvalue weighted by molar-refractivity contribution is 0.0690. The zero-order valence-corrected chi connectivity index (χ0v) is 10.1. The van der Waals surface area contributed by atoms with Crippen LogP contribution in [0.2, 0.25) is 0 Å². The highest BCUT2D eigenvalue weighted by Gasteiger charge is 2.14. The molecule has 0 radical (unpaired) electrons. The lowest BCUT2D eigenvalue weighted by Crippen LogP contribution is -2.24. The third kappa shape index (κ3) is 2.96. The minimum absolute atomic E-state index is 0.108. The quantitative estimate of drug-likeness (QED) is 0.853. The van der Waals surface area contributed by atoms with Crippen LogP contribution in [-0.4, -0.2) is 29.1 Å². The molecule has 1 aliphatic heterocycles. The smallest absolute Gasteiger partial charge is 0.354 e. The van der Waals surface area contributed by atoms with Gasteiger partial charge in [0.25, 0.3) is 0 Å². The summed E-state index contributed by atoms with van der Waals surface area (Å²) in [5, 5.41) is 8.79. The van der Waals surface area contributed by atoms with Crippen LogP contribution in [0.1, 0.15) is 36.7 Å². The molecule has 1 fully saturated rings. The molecule has 1 saturated heterocycles. The molecule has 1 atom stereocenters. The van der Waals surface area contributed by atoms with Crippen LogP contribution in [0.5, 0.6) is 0 Å². The zero-order valence-electron chi connectivity index (χ0n) is 10.1. The largest absolute Gasteiger partial charge is 0.477 e. The van der Waals surface area contributed by atoms with Gasteiger partial charge in [-0.25, -0.2) is 9.78 Å². The summed E-state index contributed by atoms with van der Waals surface area (Å²) in [6.07, 6.45) is 5.33. The molecule has 0 aromatic carbocycles. The van der Waals surface area contributed by atoms with Gasteiger partial charge in [0.2, 0.25) is 0 Å². The van der Waals surface area contributed by atoms with Crippen LogP contribution in [-0.2, 0) is 0 Å². The molecule has 0 spiro atoms. The summed E-state index contributed by atoms with van der Waals surface area (Å²) < 4.78 is 0. The average Bonchev–Trinajstić information content (AvgIpc) is 2.54. The molecule has 1 aromatic rings. The van der Waals surface area contributed by atoms with E-state index in [0.29, 0.717) is 0 Å². The van der Waals surface area contributed by atoms with Gasteiger partial charge in [-0.15, -0.1) is 0 Å². The van der Waals surface area contributed by atoms with E-state index in [9.17, 15) is 4.79 Å². The lowest BCUT2D eigenvalue weighted by atomic mass is 10.0. The Morgan fingerprint density at radius 2 is 2.24 bits per heavy atom. The molecule has 92 valence electrons. The minimum atomic E-state index is -0.971.